The van der Waals surface area contributed by atoms with E-state index in [9.17, 15) is 0 Å². The van der Waals surface area contributed by atoms with E-state index in [4.69, 9.17) is 0 Å². The Morgan fingerprint density at radius 2 is 1.62 bits per heavy atom. The monoisotopic (exact) mass is 391 g/mol. The average molecular weight is 392 g/mol. The standard InChI is InChI=1S/C28H41N/c1-11-14-26(23(8)12-2)19-25(13-3)20-28(10)17-18-29(28)27(22(6)7)16-15-24(9)21(4)5/h11-16,19H,4,9,17-18,20H2,1-3,5-8,10H3/b14-11-,16-15-,23-12-,25-13-,26-19+/t28-/m1/s1. The molecule has 0 saturated carbocycles. The minimum absolute atomic E-state index is 0.130. The van der Waals surface area contributed by atoms with E-state index < -0.39 is 0 Å². The van der Waals surface area contributed by atoms with Crippen LogP contribution in [0.25, 0.3) is 0 Å². The molecule has 1 saturated heterocycles. The zero-order valence-corrected chi connectivity index (χ0v) is 20.0. The summed E-state index contributed by atoms with van der Waals surface area (Å²) in [7, 11) is 0. The van der Waals surface area contributed by atoms with Crippen molar-refractivity contribution >= 4 is 0 Å². The normalized spacial score (nSPS) is 21.0. The fourth-order valence-electron chi connectivity index (χ4n) is 3.56. The average Bonchev–Trinajstić information content (AvgIpc) is 2.67. The van der Waals surface area contributed by atoms with Crippen LogP contribution in [0, 0.1) is 0 Å². The quantitative estimate of drug-likeness (QED) is 0.358. The Kier molecular flexibility index (Phi) is 9.43. The van der Waals surface area contributed by atoms with Gasteiger partial charge in [0.05, 0.1) is 0 Å². The van der Waals surface area contributed by atoms with Crippen LogP contribution in [-0.2, 0) is 0 Å². The van der Waals surface area contributed by atoms with Gasteiger partial charge in [-0.2, -0.15) is 0 Å². The van der Waals surface area contributed by atoms with Crippen molar-refractivity contribution < 1.29 is 0 Å². The molecule has 0 bridgehead atoms. The molecule has 1 rings (SSSR count). The summed E-state index contributed by atoms with van der Waals surface area (Å²) in [5, 5.41) is 0. The first-order valence-electron chi connectivity index (χ1n) is 10.7. The number of nitrogens with zero attached hydrogens (tertiary/aromatic N) is 1. The summed E-state index contributed by atoms with van der Waals surface area (Å²) in [5.74, 6) is 0. The van der Waals surface area contributed by atoms with Gasteiger partial charge in [-0.1, -0.05) is 60.8 Å². The van der Waals surface area contributed by atoms with Crippen molar-refractivity contribution in [3.8, 4) is 0 Å². The summed E-state index contributed by atoms with van der Waals surface area (Å²) in [4.78, 5) is 2.56. The van der Waals surface area contributed by atoms with Crippen LogP contribution >= 0.6 is 0 Å². The molecule has 0 spiro atoms. The minimum atomic E-state index is 0.130. The highest BCUT2D eigenvalue weighted by molar-refractivity contribution is 5.44. The first-order valence-corrected chi connectivity index (χ1v) is 10.7. The molecule has 0 aliphatic carbocycles. The van der Waals surface area contributed by atoms with Gasteiger partial charge in [-0.15, -0.1) is 0 Å². The first kappa shape index (κ1) is 24.8. The highest BCUT2D eigenvalue weighted by Crippen LogP contribution is 2.41. The van der Waals surface area contributed by atoms with Gasteiger partial charge in [0.2, 0.25) is 0 Å². The molecule has 29 heavy (non-hydrogen) atoms. The van der Waals surface area contributed by atoms with Crippen LogP contribution in [-0.4, -0.2) is 17.0 Å². The first-order chi connectivity index (χ1) is 13.6. The van der Waals surface area contributed by atoms with Gasteiger partial charge in [0, 0.05) is 17.8 Å². The number of likely N-dealkylation sites (tertiary alicyclic amines) is 1. The van der Waals surface area contributed by atoms with E-state index in [1.807, 2.05) is 6.92 Å². The van der Waals surface area contributed by atoms with Gasteiger partial charge >= 0.3 is 0 Å². The van der Waals surface area contributed by atoms with Crippen LogP contribution in [0.3, 0.4) is 0 Å². The molecular weight excluding hydrogens is 350 g/mol. The van der Waals surface area contributed by atoms with E-state index in [1.54, 1.807) is 0 Å². The second-order valence-electron chi connectivity index (χ2n) is 8.53. The van der Waals surface area contributed by atoms with E-state index >= 15 is 0 Å². The molecule has 1 aliphatic heterocycles. The fraction of sp³-hybridized carbons (Fsp3) is 0.429. The molecular formula is C28H41N. The molecule has 1 heterocycles. The Labute approximate surface area is 180 Å². The van der Waals surface area contributed by atoms with Gasteiger partial charge in [-0.3, -0.25) is 0 Å². The van der Waals surface area contributed by atoms with Gasteiger partial charge in [0.25, 0.3) is 0 Å². The van der Waals surface area contributed by atoms with E-state index in [0.29, 0.717) is 0 Å². The van der Waals surface area contributed by atoms with Crippen LogP contribution in [0.4, 0.5) is 0 Å². The molecule has 1 nitrogen and oxygen atoms in total. The Morgan fingerprint density at radius 1 is 0.966 bits per heavy atom. The molecule has 0 unspecified atom stereocenters. The van der Waals surface area contributed by atoms with Gasteiger partial charge < -0.3 is 4.90 Å². The molecule has 1 atom stereocenters. The van der Waals surface area contributed by atoms with E-state index in [1.165, 1.54) is 34.4 Å². The van der Waals surface area contributed by atoms with Gasteiger partial charge in [-0.05, 0) is 96.6 Å². The lowest BCUT2D eigenvalue weighted by atomic mass is 9.79. The van der Waals surface area contributed by atoms with E-state index in [0.717, 1.165) is 24.1 Å². The summed E-state index contributed by atoms with van der Waals surface area (Å²) in [6.07, 6.45) is 17.6. The number of allylic oxidation sites excluding steroid dienone is 12. The molecule has 0 N–H and O–H groups in total. The van der Waals surface area contributed by atoms with Crippen molar-refractivity contribution in [3.05, 3.63) is 94.8 Å². The van der Waals surface area contributed by atoms with E-state index in [-0.39, 0.29) is 5.54 Å². The van der Waals surface area contributed by atoms with Crippen molar-refractivity contribution in [2.75, 3.05) is 6.54 Å². The molecule has 0 amide bonds. The lowest BCUT2D eigenvalue weighted by Gasteiger charge is -2.54. The smallest absolute Gasteiger partial charge is 0.0431 e. The van der Waals surface area contributed by atoms with Gasteiger partial charge in [0.15, 0.2) is 0 Å². The number of hydrogen-bond donors (Lipinski definition) is 0. The maximum absolute atomic E-state index is 4.11. The molecule has 1 aliphatic rings. The Morgan fingerprint density at radius 3 is 2.03 bits per heavy atom. The maximum Gasteiger partial charge on any atom is 0.0431 e. The van der Waals surface area contributed by atoms with Crippen molar-refractivity contribution in [1.82, 2.24) is 4.90 Å². The summed E-state index contributed by atoms with van der Waals surface area (Å²) in [6.45, 7) is 26.5. The predicted octanol–water partition coefficient (Wildman–Crippen LogP) is 8.24. The van der Waals surface area contributed by atoms with Gasteiger partial charge in [0.1, 0.15) is 0 Å². The highest BCUT2D eigenvalue weighted by atomic mass is 15.3. The third kappa shape index (κ3) is 6.63. The molecule has 0 aromatic rings. The zero-order chi connectivity index (χ0) is 22.2. The van der Waals surface area contributed by atoms with Crippen LogP contribution in [0.1, 0.15) is 68.2 Å². The maximum atomic E-state index is 4.11. The van der Waals surface area contributed by atoms with Crippen molar-refractivity contribution in [2.24, 2.45) is 0 Å². The van der Waals surface area contributed by atoms with Crippen LogP contribution < -0.4 is 0 Å². The van der Waals surface area contributed by atoms with Crippen molar-refractivity contribution in [1.29, 1.82) is 0 Å². The SMILES string of the molecule is C=C(C)C(=C)/C=C\C(=C(C)C)N1CC[C@]1(C)CC(=C\C)/C=C(\C=C/C)C(/C)=C\C. The molecule has 0 aromatic heterocycles. The number of hydrogen-bond acceptors (Lipinski definition) is 1. The van der Waals surface area contributed by atoms with Crippen LogP contribution in [0.5, 0.6) is 0 Å². The van der Waals surface area contributed by atoms with Crippen molar-refractivity contribution in [2.45, 2.75) is 73.8 Å². The minimum Gasteiger partial charge on any atom is -0.366 e. The molecule has 158 valence electrons. The summed E-state index contributed by atoms with van der Waals surface area (Å²) >= 11 is 0. The zero-order valence-electron chi connectivity index (χ0n) is 20.0. The topological polar surface area (TPSA) is 3.24 Å². The Hall–Kier alpha value is -2.28. The molecule has 0 aromatic carbocycles. The predicted molar refractivity (Wildman–Crippen MR) is 132 cm³/mol. The molecule has 1 heteroatoms. The van der Waals surface area contributed by atoms with E-state index in [2.05, 4.69) is 109 Å². The summed E-state index contributed by atoms with van der Waals surface area (Å²) in [5.41, 5.74) is 8.75. The third-order valence-corrected chi connectivity index (χ3v) is 5.85. The lowest BCUT2D eigenvalue weighted by molar-refractivity contribution is 0.0404. The third-order valence-electron chi connectivity index (χ3n) is 5.85. The summed E-state index contributed by atoms with van der Waals surface area (Å²) in [6, 6.07) is 0. The fourth-order valence-corrected chi connectivity index (χ4v) is 3.56. The largest absolute Gasteiger partial charge is 0.366 e. The molecule has 0 radical (unpaired) electrons. The molecule has 1 fully saturated rings. The van der Waals surface area contributed by atoms with Crippen molar-refractivity contribution in [3.63, 3.8) is 0 Å². The second-order valence-corrected chi connectivity index (χ2v) is 8.53. The second kappa shape index (κ2) is 11.0. The van der Waals surface area contributed by atoms with Gasteiger partial charge in [-0.25, -0.2) is 0 Å². The highest BCUT2D eigenvalue weighted by Gasteiger charge is 2.41. The lowest BCUT2D eigenvalue weighted by Crippen LogP contribution is -2.57. The van der Waals surface area contributed by atoms with Crippen LogP contribution in [0.15, 0.2) is 94.8 Å². The number of rotatable bonds is 9. The van der Waals surface area contributed by atoms with Crippen LogP contribution in [0.2, 0.25) is 0 Å². The Bertz CT molecular complexity index is 803. The Balaban J connectivity index is 3.15. The summed E-state index contributed by atoms with van der Waals surface area (Å²) < 4.78 is 0.